The van der Waals surface area contributed by atoms with E-state index < -0.39 is 0 Å². The summed E-state index contributed by atoms with van der Waals surface area (Å²) in [5, 5.41) is 5.26. The molecule has 1 aliphatic rings. The molecule has 1 aliphatic heterocycles. The molecule has 0 saturated carbocycles. The van der Waals surface area contributed by atoms with Crippen molar-refractivity contribution in [3.05, 3.63) is 82.0 Å². The van der Waals surface area contributed by atoms with E-state index in [4.69, 9.17) is 11.6 Å². The van der Waals surface area contributed by atoms with Gasteiger partial charge in [0.2, 0.25) is 0 Å². The standard InChI is InChI=1S/C17H15ClN2/c1-12-10-14-4-2-3-5-16(14)17(20-19-11-12)13-6-8-15(18)9-7-13/h2-9,11,19H,10H2,1H3/b12-11-,20-17-. The van der Waals surface area contributed by atoms with Crippen LogP contribution in [0.5, 0.6) is 0 Å². The number of nitrogens with zero attached hydrogens (tertiary/aromatic N) is 1. The Balaban J connectivity index is 2.14. The summed E-state index contributed by atoms with van der Waals surface area (Å²) in [6, 6.07) is 16.2. The topological polar surface area (TPSA) is 24.4 Å². The normalized spacial score (nSPS) is 19.5. The Morgan fingerprint density at radius 1 is 1.05 bits per heavy atom. The molecule has 20 heavy (non-hydrogen) atoms. The summed E-state index contributed by atoms with van der Waals surface area (Å²) >= 11 is 5.96. The second-order valence-electron chi connectivity index (χ2n) is 4.92. The molecule has 0 radical (unpaired) electrons. The van der Waals surface area contributed by atoms with Gasteiger partial charge in [0.25, 0.3) is 0 Å². The summed E-state index contributed by atoms with van der Waals surface area (Å²) in [7, 11) is 0. The smallest absolute Gasteiger partial charge is 0.0980 e. The van der Waals surface area contributed by atoms with E-state index in [2.05, 4.69) is 35.7 Å². The first-order valence-corrected chi connectivity index (χ1v) is 6.95. The lowest BCUT2D eigenvalue weighted by atomic mass is 9.94. The van der Waals surface area contributed by atoms with E-state index in [0.29, 0.717) is 0 Å². The molecule has 1 heterocycles. The molecule has 0 spiro atoms. The fraction of sp³-hybridized carbons (Fsp3) is 0.118. The number of rotatable bonds is 1. The second-order valence-corrected chi connectivity index (χ2v) is 5.36. The van der Waals surface area contributed by atoms with Crippen LogP contribution in [-0.2, 0) is 6.42 Å². The lowest BCUT2D eigenvalue weighted by molar-refractivity contribution is 0.925. The minimum absolute atomic E-state index is 0.733. The van der Waals surface area contributed by atoms with E-state index in [0.717, 1.165) is 28.3 Å². The SMILES string of the molecule is C/C1=C/N/N=C(/c2ccc(Cl)cc2)c2ccccc2C1. The van der Waals surface area contributed by atoms with E-state index in [1.54, 1.807) is 0 Å². The molecule has 2 aromatic rings. The largest absolute Gasteiger partial charge is 0.285 e. The van der Waals surface area contributed by atoms with Crippen LogP contribution < -0.4 is 5.43 Å². The number of hydrogen-bond donors (Lipinski definition) is 1. The Morgan fingerprint density at radius 2 is 1.80 bits per heavy atom. The number of nitrogens with one attached hydrogen (secondary N) is 1. The van der Waals surface area contributed by atoms with Gasteiger partial charge in [0.15, 0.2) is 0 Å². The Hall–Kier alpha value is -2.06. The van der Waals surface area contributed by atoms with E-state index in [-0.39, 0.29) is 0 Å². The minimum Gasteiger partial charge on any atom is -0.285 e. The van der Waals surface area contributed by atoms with Gasteiger partial charge in [-0.3, -0.25) is 5.43 Å². The van der Waals surface area contributed by atoms with E-state index >= 15 is 0 Å². The monoisotopic (exact) mass is 282 g/mol. The van der Waals surface area contributed by atoms with Crippen molar-refractivity contribution in [2.24, 2.45) is 5.10 Å². The van der Waals surface area contributed by atoms with Gasteiger partial charge in [0.1, 0.15) is 0 Å². The lowest BCUT2D eigenvalue weighted by Gasteiger charge is -2.15. The van der Waals surface area contributed by atoms with Crippen molar-refractivity contribution < 1.29 is 0 Å². The van der Waals surface area contributed by atoms with Gasteiger partial charge in [0, 0.05) is 22.3 Å². The van der Waals surface area contributed by atoms with Crippen molar-refractivity contribution in [3.8, 4) is 0 Å². The molecule has 3 heteroatoms. The van der Waals surface area contributed by atoms with E-state index in [1.807, 2.05) is 36.5 Å². The molecule has 0 fully saturated rings. The zero-order valence-electron chi connectivity index (χ0n) is 11.2. The quantitative estimate of drug-likeness (QED) is 0.835. The molecule has 0 atom stereocenters. The van der Waals surface area contributed by atoms with Gasteiger partial charge >= 0.3 is 0 Å². The molecule has 0 unspecified atom stereocenters. The molecule has 2 nitrogen and oxygen atoms in total. The summed E-state index contributed by atoms with van der Waals surface area (Å²) in [5.74, 6) is 0. The molecule has 0 bridgehead atoms. The maximum atomic E-state index is 5.96. The van der Waals surface area contributed by atoms with Crippen LogP contribution in [-0.4, -0.2) is 5.71 Å². The number of halogens is 1. The Labute approximate surface area is 123 Å². The third-order valence-electron chi connectivity index (χ3n) is 3.35. The lowest BCUT2D eigenvalue weighted by Crippen LogP contribution is -2.14. The summed E-state index contributed by atoms with van der Waals surface area (Å²) in [6.45, 7) is 2.10. The molecule has 1 N–H and O–H groups in total. The number of benzene rings is 2. The molecule has 0 saturated heterocycles. The average molecular weight is 283 g/mol. The van der Waals surface area contributed by atoms with Gasteiger partial charge in [-0.25, -0.2) is 0 Å². The number of fused-ring (bicyclic) bond motifs is 1. The van der Waals surface area contributed by atoms with E-state index in [1.165, 1.54) is 11.1 Å². The summed E-state index contributed by atoms with van der Waals surface area (Å²) in [6.07, 6.45) is 2.88. The first-order chi connectivity index (χ1) is 9.74. The average Bonchev–Trinajstić information content (AvgIpc) is 2.44. The Kier molecular flexibility index (Phi) is 3.57. The van der Waals surface area contributed by atoms with Crippen molar-refractivity contribution in [1.82, 2.24) is 5.43 Å². The molecular formula is C17H15ClN2. The fourth-order valence-electron chi connectivity index (χ4n) is 2.35. The van der Waals surface area contributed by atoms with E-state index in [9.17, 15) is 0 Å². The third-order valence-corrected chi connectivity index (χ3v) is 3.60. The minimum atomic E-state index is 0.733. The highest BCUT2D eigenvalue weighted by Crippen LogP contribution is 2.21. The first-order valence-electron chi connectivity index (χ1n) is 6.57. The highest BCUT2D eigenvalue weighted by Gasteiger charge is 2.13. The van der Waals surface area contributed by atoms with Crippen LogP contribution in [0, 0.1) is 0 Å². The maximum absolute atomic E-state index is 5.96. The van der Waals surface area contributed by atoms with Crippen molar-refractivity contribution in [2.45, 2.75) is 13.3 Å². The number of hydrazone groups is 1. The molecule has 0 aliphatic carbocycles. The molecule has 0 amide bonds. The number of allylic oxidation sites excluding steroid dienone is 1. The summed E-state index contributed by atoms with van der Waals surface area (Å²) < 4.78 is 0. The van der Waals surface area contributed by atoms with Crippen LogP contribution in [0.15, 0.2) is 65.4 Å². The Morgan fingerprint density at radius 3 is 2.60 bits per heavy atom. The summed E-state index contributed by atoms with van der Waals surface area (Å²) in [5.41, 5.74) is 8.75. The van der Waals surface area contributed by atoms with Crippen LogP contribution in [0.1, 0.15) is 23.6 Å². The predicted octanol–water partition coefficient (Wildman–Crippen LogP) is 4.14. The summed E-state index contributed by atoms with van der Waals surface area (Å²) in [4.78, 5) is 0. The van der Waals surface area contributed by atoms with Gasteiger partial charge in [-0.1, -0.05) is 53.6 Å². The van der Waals surface area contributed by atoms with Gasteiger partial charge in [-0.15, -0.1) is 0 Å². The van der Waals surface area contributed by atoms with Crippen molar-refractivity contribution >= 4 is 17.3 Å². The zero-order valence-corrected chi connectivity index (χ0v) is 12.0. The molecule has 100 valence electrons. The van der Waals surface area contributed by atoms with Crippen LogP contribution >= 0.6 is 11.6 Å². The van der Waals surface area contributed by atoms with Gasteiger partial charge < -0.3 is 0 Å². The molecule has 2 aromatic carbocycles. The van der Waals surface area contributed by atoms with Crippen molar-refractivity contribution in [3.63, 3.8) is 0 Å². The Bertz CT molecular complexity index is 684. The molecule has 0 aromatic heterocycles. The fourth-order valence-corrected chi connectivity index (χ4v) is 2.48. The van der Waals surface area contributed by atoms with Crippen LogP contribution in [0.4, 0.5) is 0 Å². The predicted molar refractivity (Wildman–Crippen MR) is 84.1 cm³/mol. The maximum Gasteiger partial charge on any atom is 0.0980 e. The van der Waals surface area contributed by atoms with Crippen LogP contribution in [0.25, 0.3) is 0 Å². The first kappa shape index (κ1) is 12.9. The molecular weight excluding hydrogens is 268 g/mol. The number of hydrogen-bond acceptors (Lipinski definition) is 2. The highest BCUT2D eigenvalue weighted by molar-refractivity contribution is 6.30. The van der Waals surface area contributed by atoms with Gasteiger partial charge in [0.05, 0.1) is 5.71 Å². The van der Waals surface area contributed by atoms with Crippen molar-refractivity contribution in [1.29, 1.82) is 0 Å². The van der Waals surface area contributed by atoms with Crippen LogP contribution in [0.2, 0.25) is 5.02 Å². The van der Waals surface area contributed by atoms with Gasteiger partial charge in [-0.2, -0.15) is 5.10 Å². The molecule has 3 rings (SSSR count). The highest BCUT2D eigenvalue weighted by atomic mass is 35.5. The van der Waals surface area contributed by atoms with Gasteiger partial charge in [-0.05, 0) is 31.0 Å². The zero-order chi connectivity index (χ0) is 13.9. The second kappa shape index (κ2) is 5.51. The van der Waals surface area contributed by atoms with Crippen molar-refractivity contribution in [2.75, 3.05) is 0 Å². The third kappa shape index (κ3) is 2.61. The van der Waals surface area contributed by atoms with Crippen LogP contribution in [0.3, 0.4) is 0 Å².